The summed E-state index contributed by atoms with van der Waals surface area (Å²) in [6, 6.07) is 11.0. The highest BCUT2D eigenvalue weighted by atomic mass is 16.6. The van der Waals surface area contributed by atoms with Gasteiger partial charge in [-0.2, -0.15) is 0 Å². The molecule has 1 saturated heterocycles. The van der Waals surface area contributed by atoms with Gasteiger partial charge in [0.2, 0.25) is 5.88 Å². The number of carbonyl (C=O) groups is 1. The number of cyclic esters (lactones) is 1. The number of aryl methyl sites for hydroxylation is 1. The van der Waals surface area contributed by atoms with E-state index in [2.05, 4.69) is 9.97 Å². The minimum Gasteiger partial charge on any atom is -0.486 e. The number of hydrogen-bond acceptors (Lipinski definition) is 8. The standard InChI is InChI=1S/C25H27N3O6/c1-31-23-9-7-18-24(27-23)16(10-11-26-18)4-2-3-5-19(29)22-15-28(25(30)34-22)17-6-8-20-21(14-17)33-13-12-32-20/h6-11,14,19,22,29H,2-5,12-13,15H2,1H3/t19-,22?/m1/s1. The van der Waals surface area contributed by atoms with Crippen LogP contribution in [0.25, 0.3) is 11.0 Å². The first-order chi connectivity index (χ1) is 16.6. The number of aromatic nitrogens is 2. The van der Waals surface area contributed by atoms with Gasteiger partial charge in [0.05, 0.1) is 36.5 Å². The van der Waals surface area contributed by atoms with Crippen molar-refractivity contribution in [2.24, 2.45) is 0 Å². The lowest BCUT2D eigenvalue weighted by Crippen LogP contribution is -2.31. The Morgan fingerprint density at radius 1 is 1.15 bits per heavy atom. The van der Waals surface area contributed by atoms with Crippen LogP contribution < -0.4 is 19.1 Å². The molecular formula is C25H27N3O6. The number of methoxy groups -OCH3 is 1. The molecule has 3 aromatic rings. The van der Waals surface area contributed by atoms with Crippen molar-refractivity contribution in [2.45, 2.75) is 37.9 Å². The Morgan fingerprint density at radius 3 is 2.85 bits per heavy atom. The first-order valence-electron chi connectivity index (χ1n) is 11.5. The molecule has 1 amide bonds. The zero-order valence-corrected chi connectivity index (χ0v) is 19.0. The Hall–Kier alpha value is -3.59. The van der Waals surface area contributed by atoms with E-state index in [-0.39, 0.29) is 0 Å². The van der Waals surface area contributed by atoms with Crippen LogP contribution >= 0.6 is 0 Å². The van der Waals surface area contributed by atoms with Crippen molar-refractivity contribution < 1.29 is 28.8 Å². The maximum Gasteiger partial charge on any atom is 0.414 e. The van der Waals surface area contributed by atoms with Crippen molar-refractivity contribution in [1.29, 1.82) is 0 Å². The fourth-order valence-electron chi connectivity index (χ4n) is 4.33. The summed E-state index contributed by atoms with van der Waals surface area (Å²) < 4.78 is 21.8. The number of hydrogen-bond donors (Lipinski definition) is 1. The van der Waals surface area contributed by atoms with Crippen LogP contribution in [0, 0.1) is 0 Å². The summed E-state index contributed by atoms with van der Waals surface area (Å²) in [5.41, 5.74) is 3.42. The predicted octanol–water partition coefficient (Wildman–Crippen LogP) is 3.51. The summed E-state index contributed by atoms with van der Waals surface area (Å²) in [6.45, 7) is 1.27. The van der Waals surface area contributed by atoms with E-state index in [0.29, 0.717) is 49.2 Å². The number of rotatable bonds is 8. The van der Waals surface area contributed by atoms with Crippen molar-refractivity contribution in [1.82, 2.24) is 9.97 Å². The van der Waals surface area contributed by atoms with Crippen LogP contribution in [0.15, 0.2) is 42.6 Å². The molecule has 4 heterocycles. The van der Waals surface area contributed by atoms with Gasteiger partial charge in [0.15, 0.2) is 11.5 Å². The molecule has 9 nitrogen and oxygen atoms in total. The molecule has 1 aromatic carbocycles. The van der Waals surface area contributed by atoms with Crippen LogP contribution in [0.4, 0.5) is 10.5 Å². The van der Waals surface area contributed by atoms with Crippen molar-refractivity contribution >= 4 is 22.8 Å². The Kier molecular flexibility index (Phi) is 6.35. The van der Waals surface area contributed by atoms with Crippen LogP contribution in [-0.2, 0) is 11.2 Å². The van der Waals surface area contributed by atoms with Gasteiger partial charge in [-0.1, -0.05) is 6.42 Å². The summed E-state index contributed by atoms with van der Waals surface area (Å²) in [4.78, 5) is 22.9. The second-order valence-corrected chi connectivity index (χ2v) is 8.37. The monoisotopic (exact) mass is 465 g/mol. The maximum absolute atomic E-state index is 12.4. The number of benzene rings is 1. The molecular weight excluding hydrogens is 438 g/mol. The van der Waals surface area contributed by atoms with Gasteiger partial charge in [-0.05, 0) is 49.1 Å². The molecule has 2 atom stereocenters. The molecule has 1 N–H and O–H groups in total. The van der Waals surface area contributed by atoms with Crippen molar-refractivity contribution in [3.8, 4) is 17.4 Å². The zero-order chi connectivity index (χ0) is 23.5. The van der Waals surface area contributed by atoms with Gasteiger partial charge in [0.25, 0.3) is 0 Å². The number of aliphatic hydroxyl groups is 1. The van der Waals surface area contributed by atoms with Crippen LogP contribution in [0.1, 0.15) is 24.8 Å². The number of carbonyl (C=O) groups excluding carboxylic acids is 1. The van der Waals surface area contributed by atoms with Gasteiger partial charge < -0.3 is 24.1 Å². The number of ether oxygens (including phenoxy) is 4. The SMILES string of the molecule is COc1ccc2nccc(CCCC[C@@H](O)C3CN(c4ccc5c(c4)OCCO5)C(=O)O3)c2n1. The van der Waals surface area contributed by atoms with Crippen LogP contribution in [0.5, 0.6) is 17.4 Å². The third kappa shape index (κ3) is 4.56. The lowest BCUT2D eigenvalue weighted by molar-refractivity contribution is 0.0267. The Bertz CT molecular complexity index is 1190. The fraction of sp³-hybridized carbons (Fsp3) is 0.400. The molecule has 0 saturated carbocycles. The lowest BCUT2D eigenvalue weighted by atomic mass is 10.0. The topological polar surface area (TPSA) is 103 Å². The van der Waals surface area contributed by atoms with Crippen LogP contribution in [-0.4, -0.2) is 60.2 Å². The molecule has 178 valence electrons. The highest BCUT2D eigenvalue weighted by Crippen LogP contribution is 2.35. The fourth-order valence-corrected chi connectivity index (χ4v) is 4.33. The molecule has 34 heavy (non-hydrogen) atoms. The number of fused-ring (bicyclic) bond motifs is 2. The first kappa shape index (κ1) is 22.2. The van der Waals surface area contributed by atoms with E-state index < -0.39 is 18.3 Å². The van der Waals surface area contributed by atoms with Crippen LogP contribution in [0.3, 0.4) is 0 Å². The molecule has 2 aliphatic heterocycles. The molecule has 9 heteroatoms. The van der Waals surface area contributed by atoms with E-state index in [1.807, 2.05) is 12.1 Å². The van der Waals surface area contributed by atoms with Gasteiger partial charge in [-0.25, -0.2) is 9.78 Å². The Labute approximate surface area is 197 Å². The highest BCUT2D eigenvalue weighted by molar-refractivity contribution is 5.90. The van der Waals surface area contributed by atoms with E-state index >= 15 is 0 Å². The molecule has 1 unspecified atom stereocenters. The van der Waals surface area contributed by atoms with E-state index in [1.165, 1.54) is 4.90 Å². The molecule has 5 rings (SSSR count). The maximum atomic E-state index is 12.4. The minimum absolute atomic E-state index is 0.290. The minimum atomic E-state index is -0.737. The van der Waals surface area contributed by atoms with E-state index in [9.17, 15) is 9.90 Å². The van der Waals surface area contributed by atoms with Gasteiger partial charge in [-0.3, -0.25) is 9.88 Å². The molecule has 0 spiro atoms. The second kappa shape index (κ2) is 9.72. The van der Waals surface area contributed by atoms with E-state index in [4.69, 9.17) is 18.9 Å². The normalized spacial score (nSPS) is 18.1. The lowest BCUT2D eigenvalue weighted by Gasteiger charge is -2.21. The van der Waals surface area contributed by atoms with E-state index in [1.54, 1.807) is 37.6 Å². The average Bonchev–Trinajstić information content (AvgIpc) is 3.27. The molecule has 2 aliphatic rings. The van der Waals surface area contributed by atoms with Gasteiger partial charge >= 0.3 is 6.09 Å². The third-order valence-corrected chi connectivity index (χ3v) is 6.15. The Morgan fingerprint density at radius 2 is 2.00 bits per heavy atom. The van der Waals surface area contributed by atoms with Crippen LogP contribution in [0.2, 0.25) is 0 Å². The van der Waals surface area contributed by atoms with Crippen molar-refractivity contribution in [3.63, 3.8) is 0 Å². The molecule has 1 fully saturated rings. The van der Waals surface area contributed by atoms with Gasteiger partial charge in [0.1, 0.15) is 19.3 Å². The number of anilines is 1. The highest BCUT2D eigenvalue weighted by Gasteiger charge is 2.37. The number of nitrogens with zero attached hydrogens (tertiary/aromatic N) is 3. The summed E-state index contributed by atoms with van der Waals surface area (Å²) in [5, 5.41) is 10.7. The average molecular weight is 466 g/mol. The summed E-state index contributed by atoms with van der Waals surface area (Å²) in [5.74, 6) is 1.83. The van der Waals surface area contributed by atoms with Gasteiger partial charge in [0, 0.05) is 18.3 Å². The van der Waals surface area contributed by atoms with E-state index in [0.717, 1.165) is 35.9 Å². The Balaban J connectivity index is 1.15. The molecule has 0 aliphatic carbocycles. The third-order valence-electron chi connectivity index (χ3n) is 6.15. The van der Waals surface area contributed by atoms with Gasteiger partial charge in [-0.15, -0.1) is 0 Å². The number of aliphatic hydroxyl groups excluding tert-OH is 1. The summed E-state index contributed by atoms with van der Waals surface area (Å²) in [7, 11) is 1.59. The van der Waals surface area contributed by atoms with Crippen molar-refractivity contribution in [3.05, 3.63) is 48.2 Å². The molecule has 2 aromatic heterocycles. The quantitative estimate of drug-likeness (QED) is 0.504. The molecule has 0 radical (unpaired) electrons. The second-order valence-electron chi connectivity index (χ2n) is 8.37. The summed E-state index contributed by atoms with van der Waals surface area (Å²) in [6.07, 6.45) is 2.99. The smallest absolute Gasteiger partial charge is 0.414 e. The largest absolute Gasteiger partial charge is 0.486 e. The number of unbranched alkanes of at least 4 members (excludes halogenated alkanes) is 1. The predicted molar refractivity (Wildman–Crippen MR) is 125 cm³/mol. The molecule has 0 bridgehead atoms. The summed E-state index contributed by atoms with van der Waals surface area (Å²) >= 11 is 0. The number of amides is 1. The van der Waals surface area contributed by atoms with Crippen molar-refractivity contribution in [2.75, 3.05) is 31.8 Å². The number of pyridine rings is 2. The zero-order valence-electron chi connectivity index (χ0n) is 19.0. The first-order valence-corrected chi connectivity index (χ1v) is 11.5.